The monoisotopic (exact) mass is 189 g/mol. The summed E-state index contributed by atoms with van der Waals surface area (Å²) in [5.41, 5.74) is 0. The van der Waals surface area contributed by atoms with E-state index in [0.29, 0.717) is 13.0 Å². The Morgan fingerprint density at radius 1 is 1.08 bits per heavy atom. The Morgan fingerprint density at radius 3 is 2.15 bits per heavy atom. The molecule has 2 atom stereocenters. The zero-order valence-corrected chi connectivity index (χ0v) is 9.03. The van der Waals surface area contributed by atoms with E-state index in [9.17, 15) is 10.2 Å². The highest BCUT2D eigenvalue weighted by atomic mass is 16.3. The van der Waals surface area contributed by atoms with Crippen LogP contribution >= 0.6 is 0 Å². The number of hydrogen-bond acceptors (Lipinski definition) is 3. The second-order valence-corrected chi connectivity index (χ2v) is 3.89. The average molecular weight is 189 g/mol. The number of unbranched alkanes of at least 4 members (excludes halogenated alkanes) is 2. The minimum Gasteiger partial charge on any atom is -0.390 e. The van der Waals surface area contributed by atoms with Crippen molar-refractivity contribution in [3.05, 3.63) is 0 Å². The first-order chi connectivity index (χ1) is 6.07. The highest BCUT2D eigenvalue weighted by Crippen LogP contribution is 2.07. The molecule has 0 aliphatic heterocycles. The molecule has 13 heavy (non-hydrogen) atoms. The molecule has 0 heterocycles. The smallest absolute Gasteiger partial charge is 0.0925 e. The maximum atomic E-state index is 9.52. The summed E-state index contributed by atoms with van der Waals surface area (Å²) in [6.07, 6.45) is 2.83. The van der Waals surface area contributed by atoms with Crippen molar-refractivity contribution in [1.29, 1.82) is 0 Å². The number of aliphatic hydroxyl groups is 2. The molecule has 0 radical (unpaired) electrons. The Labute approximate surface area is 81.4 Å². The van der Waals surface area contributed by atoms with E-state index in [1.807, 2.05) is 19.0 Å². The van der Waals surface area contributed by atoms with Gasteiger partial charge in [0, 0.05) is 6.54 Å². The summed E-state index contributed by atoms with van der Waals surface area (Å²) in [6, 6.07) is 0. The van der Waals surface area contributed by atoms with Crippen molar-refractivity contribution in [2.75, 3.05) is 20.6 Å². The lowest BCUT2D eigenvalue weighted by atomic mass is 10.1. The average Bonchev–Trinajstić information content (AvgIpc) is 2.03. The molecule has 3 heteroatoms. The molecule has 0 rings (SSSR count). The van der Waals surface area contributed by atoms with Gasteiger partial charge in [0.2, 0.25) is 0 Å². The van der Waals surface area contributed by atoms with Crippen LogP contribution in [0.15, 0.2) is 0 Å². The van der Waals surface area contributed by atoms with E-state index in [2.05, 4.69) is 6.92 Å². The molecule has 2 unspecified atom stereocenters. The molecule has 3 nitrogen and oxygen atoms in total. The molecule has 0 bridgehead atoms. The van der Waals surface area contributed by atoms with E-state index >= 15 is 0 Å². The van der Waals surface area contributed by atoms with Crippen LogP contribution < -0.4 is 0 Å². The Balaban J connectivity index is 3.50. The van der Waals surface area contributed by atoms with Gasteiger partial charge in [-0.25, -0.2) is 0 Å². The number of nitrogens with zero attached hydrogens (tertiary/aromatic N) is 1. The molecule has 0 saturated carbocycles. The lowest BCUT2D eigenvalue weighted by Crippen LogP contribution is -2.35. The molecular weight excluding hydrogens is 166 g/mol. The van der Waals surface area contributed by atoms with Crippen LogP contribution in [-0.2, 0) is 0 Å². The number of likely N-dealkylation sites (N-methyl/N-ethyl adjacent to an activating group) is 1. The van der Waals surface area contributed by atoms with Gasteiger partial charge in [-0.2, -0.15) is 0 Å². The van der Waals surface area contributed by atoms with Crippen LogP contribution in [0.2, 0.25) is 0 Å². The largest absolute Gasteiger partial charge is 0.390 e. The van der Waals surface area contributed by atoms with Gasteiger partial charge in [0.15, 0.2) is 0 Å². The van der Waals surface area contributed by atoms with Gasteiger partial charge in [0.05, 0.1) is 12.2 Å². The Hall–Kier alpha value is -0.120. The predicted octanol–water partition coefficient (Wildman–Crippen LogP) is 0.850. The fourth-order valence-electron chi connectivity index (χ4n) is 1.29. The van der Waals surface area contributed by atoms with Gasteiger partial charge in [-0.3, -0.25) is 0 Å². The standard InChI is InChI=1S/C10H23NO2/c1-4-5-6-7-9(12)10(13)8-11(2)3/h9-10,12-13H,4-8H2,1-3H3. The van der Waals surface area contributed by atoms with E-state index in [0.717, 1.165) is 19.3 Å². The van der Waals surface area contributed by atoms with Crippen molar-refractivity contribution >= 4 is 0 Å². The summed E-state index contributed by atoms with van der Waals surface area (Å²) in [7, 11) is 3.78. The van der Waals surface area contributed by atoms with Gasteiger partial charge < -0.3 is 15.1 Å². The van der Waals surface area contributed by atoms with Crippen LogP contribution in [0.3, 0.4) is 0 Å². The highest BCUT2D eigenvalue weighted by Gasteiger charge is 2.15. The number of hydrogen-bond donors (Lipinski definition) is 2. The second-order valence-electron chi connectivity index (χ2n) is 3.89. The van der Waals surface area contributed by atoms with Gasteiger partial charge in [0.25, 0.3) is 0 Å². The Morgan fingerprint density at radius 2 is 1.69 bits per heavy atom. The first-order valence-corrected chi connectivity index (χ1v) is 5.08. The van der Waals surface area contributed by atoms with Gasteiger partial charge in [-0.15, -0.1) is 0 Å². The van der Waals surface area contributed by atoms with E-state index in [1.165, 1.54) is 0 Å². The third-order valence-corrected chi connectivity index (χ3v) is 2.10. The normalized spacial score (nSPS) is 16.2. The third-order valence-electron chi connectivity index (χ3n) is 2.10. The van der Waals surface area contributed by atoms with Crippen LogP contribution in [0.1, 0.15) is 32.6 Å². The summed E-state index contributed by atoms with van der Waals surface area (Å²) >= 11 is 0. The summed E-state index contributed by atoms with van der Waals surface area (Å²) in [6.45, 7) is 2.66. The number of aliphatic hydroxyl groups excluding tert-OH is 2. The van der Waals surface area contributed by atoms with Crippen molar-refractivity contribution in [2.45, 2.75) is 44.8 Å². The minimum atomic E-state index is -0.605. The molecule has 0 aliphatic rings. The third kappa shape index (κ3) is 6.99. The van der Waals surface area contributed by atoms with Crippen LogP contribution in [0.4, 0.5) is 0 Å². The van der Waals surface area contributed by atoms with Crippen LogP contribution in [0.5, 0.6) is 0 Å². The molecule has 0 fully saturated rings. The van der Waals surface area contributed by atoms with Crippen LogP contribution in [-0.4, -0.2) is 48.0 Å². The van der Waals surface area contributed by atoms with Gasteiger partial charge >= 0.3 is 0 Å². The fourth-order valence-corrected chi connectivity index (χ4v) is 1.29. The van der Waals surface area contributed by atoms with Crippen molar-refractivity contribution in [1.82, 2.24) is 4.90 Å². The molecule has 80 valence electrons. The first kappa shape index (κ1) is 12.9. The lowest BCUT2D eigenvalue weighted by molar-refractivity contribution is 0.0000175. The predicted molar refractivity (Wildman–Crippen MR) is 54.7 cm³/mol. The van der Waals surface area contributed by atoms with Gasteiger partial charge in [0.1, 0.15) is 0 Å². The molecule has 0 aromatic rings. The Kier molecular flexibility index (Phi) is 7.23. The summed E-state index contributed by atoms with van der Waals surface area (Å²) in [5, 5.41) is 19.0. The van der Waals surface area contributed by atoms with Crippen LogP contribution in [0, 0.1) is 0 Å². The molecule has 0 aromatic heterocycles. The van der Waals surface area contributed by atoms with Gasteiger partial charge in [-0.1, -0.05) is 26.2 Å². The van der Waals surface area contributed by atoms with Crippen molar-refractivity contribution in [3.63, 3.8) is 0 Å². The molecule has 0 saturated heterocycles. The number of rotatable bonds is 7. The van der Waals surface area contributed by atoms with Crippen molar-refractivity contribution in [3.8, 4) is 0 Å². The second kappa shape index (κ2) is 7.30. The summed E-state index contributed by atoms with van der Waals surface area (Å²) < 4.78 is 0. The molecule has 0 amide bonds. The molecular formula is C10H23NO2. The zero-order chi connectivity index (χ0) is 10.3. The van der Waals surface area contributed by atoms with E-state index in [-0.39, 0.29) is 0 Å². The molecule has 0 aromatic carbocycles. The molecule has 0 aliphatic carbocycles. The fraction of sp³-hybridized carbons (Fsp3) is 1.00. The van der Waals surface area contributed by atoms with Crippen LogP contribution in [0.25, 0.3) is 0 Å². The highest BCUT2D eigenvalue weighted by molar-refractivity contribution is 4.69. The summed E-state index contributed by atoms with van der Waals surface area (Å²) in [5.74, 6) is 0. The molecule has 0 spiro atoms. The van der Waals surface area contributed by atoms with Crippen molar-refractivity contribution in [2.24, 2.45) is 0 Å². The zero-order valence-electron chi connectivity index (χ0n) is 9.03. The van der Waals surface area contributed by atoms with E-state index in [4.69, 9.17) is 0 Å². The van der Waals surface area contributed by atoms with Gasteiger partial charge in [-0.05, 0) is 20.5 Å². The van der Waals surface area contributed by atoms with E-state index < -0.39 is 12.2 Å². The SMILES string of the molecule is CCCCCC(O)C(O)CN(C)C. The Bertz CT molecular complexity index is 117. The van der Waals surface area contributed by atoms with E-state index in [1.54, 1.807) is 0 Å². The van der Waals surface area contributed by atoms with Crippen molar-refractivity contribution < 1.29 is 10.2 Å². The maximum Gasteiger partial charge on any atom is 0.0925 e. The first-order valence-electron chi connectivity index (χ1n) is 5.08. The quantitative estimate of drug-likeness (QED) is 0.584. The minimum absolute atomic E-state index is 0.535. The molecule has 2 N–H and O–H groups in total. The lowest BCUT2D eigenvalue weighted by Gasteiger charge is -2.20. The summed E-state index contributed by atoms with van der Waals surface area (Å²) in [4.78, 5) is 1.88. The topological polar surface area (TPSA) is 43.7 Å². The maximum absolute atomic E-state index is 9.52.